The number of aromatic nitrogens is 1. The van der Waals surface area contributed by atoms with Gasteiger partial charge in [-0.05, 0) is 44.7 Å². The summed E-state index contributed by atoms with van der Waals surface area (Å²) in [5, 5.41) is 8.80. The first-order valence-electron chi connectivity index (χ1n) is 13.2. The number of carbonyl (C=O) groups is 2. The van der Waals surface area contributed by atoms with E-state index in [4.69, 9.17) is 9.47 Å². The van der Waals surface area contributed by atoms with Crippen LogP contribution in [0.1, 0.15) is 38.8 Å². The molecule has 2 amide bonds. The molecule has 0 fully saturated rings. The first-order chi connectivity index (χ1) is 18.8. The van der Waals surface area contributed by atoms with Crippen molar-refractivity contribution in [3.05, 3.63) is 90.0 Å². The van der Waals surface area contributed by atoms with Crippen LogP contribution in [0.3, 0.4) is 0 Å². The Hall–Kier alpha value is -4.52. The maximum absolute atomic E-state index is 12.6. The SMILES string of the molecule is CC(C)NC(=O)OCc1c(COC(=O)NC(C)C)c2c3ccccc3c3ccccc3n2c1-c1ccccc1. The van der Waals surface area contributed by atoms with Gasteiger partial charge in [0, 0.05) is 34.0 Å². The highest BCUT2D eigenvalue weighted by Crippen LogP contribution is 2.40. The number of nitrogens with one attached hydrogen (secondary N) is 2. The highest BCUT2D eigenvalue weighted by atomic mass is 16.6. The minimum Gasteiger partial charge on any atom is -0.445 e. The molecule has 5 aromatic rings. The van der Waals surface area contributed by atoms with Crippen molar-refractivity contribution in [2.45, 2.75) is 53.0 Å². The number of rotatable bonds is 7. The van der Waals surface area contributed by atoms with Crippen LogP contribution in [0, 0.1) is 0 Å². The summed E-state index contributed by atoms with van der Waals surface area (Å²) in [5.41, 5.74) is 5.38. The number of hydrogen-bond donors (Lipinski definition) is 2. The minimum absolute atomic E-state index is 0.0115. The average Bonchev–Trinajstić information content (AvgIpc) is 3.25. The van der Waals surface area contributed by atoms with Gasteiger partial charge in [0.15, 0.2) is 0 Å². The Bertz CT molecular complexity index is 1650. The average molecular weight is 524 g/mol. The molecule has 39 heavy (non-hydrogen) atoms. The molecule has 0 spiro atoms. The number of nitrogens with zero attached hydrogens (tertiary/aromatic N) is 1. The van der Waals surface area contributed by atoms with E-state index < -0.39 is 12.2 Å². The van der Waals surface area contributed by atoms with Crippen LogP contribution < -0.4 is 10.6 Å². The molecule has 0 aliphatic carbocycles. The summed E-state index contributed by atoms with van der Waals surface area (Å²) >= 11 is 0. The maximum atomic E-state index is 12.6. The van der Waals surface area contributed by atoms with Gasteiger partial charge in [-0.15, -0.1) is 0 Å². The Morgan fingerprint density at radius 2 is 1.18 bits per heavy atom. The number of pyridine rings is 1. The number of alkyl carbamates (subject to hydrolysis) is 2. The molecule has 0 bridgehead atoms. The molecule has 0 aliphatic heterocycles. The van der Waals surface area contributed by atoms with Crippen molar-refractivity contribution < 1.29 is 19.1 Å². The molecule has 0 saturated heterocycles. The van der Waals surface area contributed by atoms with E-state index in [9.17, 15) is 9.59 Å². The van der Waals surface area contributed by atoms with Gasteiger partial charge in [-0.1, -0.05) is 72.8 Å². The number of hydrogen-bond acceptors (Lipinski definition) is 4. The van der Waals surface area contributed by atoms with E-state index in [1.807, 2.05) is 82.3 Å². The Labute approximate surface area is 227 Å². The quantitative estimate of drug-likeness (QED) is 0.221. The number of amides is 2. The van der Waals surface area contributed by atoms with E-state index in [0.717, 1.165) is 49.6 Å². The molecule has 2 N–H and O–H groups in total. The lowest BCUT2D eigenvalue weighted by Gasteiger charge is -2.13. The van der Waals surface area contributed by atoms with Crippen LogP contribution >= 0.6 is 0 Å². The van der Waals surface area contributed by atoms with Gasteiger partial charge < -0.3 is 24.5 Å². The second kappa shape index (κ2) is 11.1. The molecule has 2 heterocycles. The number of carbonyl (C=O) groups excluding carboxylic acids is 2. The Balaban J connectivity index is 1.82. The van der Waals surface area contributed by atoms with E-state index in [2.05, 4.69) is 39.3 Å². The number of ether oxygens (including phenoxy) is 2. The third-order valence-corrected chi connectivity index (χ3v) is 6.56. The van der Waals surface area contributed by atoms with Crippen LogP contribution in [0.25, 0.3) is 38.4 Å². The summed E-state index contributed by atoms with van der Waals surface area (Å²) in [6.07, 6.45) is -1.00. The standard InChI is InChI=1S/C32H33N3O4/c1-20(2)33-31(36)38-18-26-27(19-39-32(37)34-21(3)4)30-25-16-9-8-14-23(25)24-15-10-11-17-28(24)35(30)29(26)22-12-6-5-7-13-22/h5-17,20-21H,18-19H2,1-4H3,(H,33,36)(H,34,37). The van der Waals surface area contributed by atoms with Crippen molar-refractivity contribution in [2.75, 3.05) is 0 Å². The summed E-state index contributed by atoms with van der Waals surface area (Å²) in [6.45, 7) is 7.56. The number of benzene rings is 3. The van der Waals surface area contributed by atoms with Crippen LogP contribution in [0.2, 0.25) is 0 Å². The van der Waals surface area contributed by atoms with Gasteiger partial charge in [-0.25, -0.2) is 9.59 Å². The smallest absolute Gasteiger partial charge is 0.407 e. The fraction of sp³-hybridized carbons (Fsp3) is 0.250. The Morgan fingerprint density at radius 1 is 0.667 bits per heavy atom. The van der Waals surface area contributed by atoms with Gasteiger partial charge in [-0.2, -0.15) is 0 Å². The second-order valence-corrected chi connectivity index (χ2v) is 10.2. The fourth-order valence-corrected chi connectivity index (χ4v) is 5.05. The molecule has 200 valence electrons. The molecule has 5 rings (SSSR count). The fourth-order valence-electron chi connectivity index (χ4n) is 5.05. The first-order valence-corrected chi connectivity index (χ1v) is 13.2. The normalized spacial score (nSPS) is 11.4. The molecular weight excluding hydrogens is 490 g/mol. The van der Waals surface area contributed by atoms with Crippen LogP contribution in [-0.4, -0.2) is 28.7 Å². The number of para-hydroxylation sites is 1. The molecule has 0 unspecified atom stereocenters. The molecule has 7 nitrogen and oxygen atoms in total. The summed E-state index contributed by atoms with van der Waals surface area (Å²) < 4.78 is 13.7. The van der Waals surface area contributed by atoms with Crippen LogP contribution in [0.15, 0.2) is 78.9 Å². The monoisotopic (exact) mass is 523 g/mol. The molecule has 2 aromatic heterocycles. The lowest BCUT2D eigenvalue weighted by molar-refractivity contribution is 0.130. The summed E-state index contributed by atoms with van der Waals surface area (Å²) in [5.74, 6) is 0. The van der Waals surface area contributed by atoms with Gasteiger partial charge in [0.25, 0.3) is 0 Å². The van der Waals surface area contributed by atoms with Crippen LogP contribution in [0.5, 0.6) is 0 Å². The van der Waals surface area contributed by atoms with E-state index in [1.54, 1.807) is 0 Å². The van der Waals surface area contributed by atoms with E-state index in [0.29, 0.717) is 0 Å². The van der Waals surface area contributed by atoms with Gasteiger partial charge in [0.1, 0.15) is 13.2 Å². The predicted octanol–water partition coefficient (Wildman–Crippen LogP) is 7.18. The van der Waals surface area contributed by atoms with Gasteiger partial charge in [0.05, 0.1) is 16.7 Å². The zero-order valence-corrected chi connectivity index (χ0v) is 22.7. The molecule has 0 saturated carbocycles. The molecule has 0 aliphatic rings. The highest BCUT2D eigenvalue weighted by molar-refractivity contribution is 6.14. The molecule has 3 aromatic carbocycles. The van der Waals surface area contributed by atoms with Gasteiger partial charge in [0.2, 0.25) is 0 Å². The molecule has 0 atom stereocenters. The first kappa shape index (κ1) is 26.1. The van der Waals surface area contributed by atoms with Crippen LogP contribution in [0.4, 0.5) is 9.59 Å². The van der Waals surface area contributed by atoms with E-state index in [-0.39, 0.29) is 25.3 Å². The van der Waals surface area contributed by atoms with Crippen molar-refractivity contribution in [3.8, 4) is 11.3 Å². The molecular formula is C32H33N3O4. The Morgan fingerprint density at radius 3 is 1.79 bits per heavy atom. The van der Waals surface area contributed by atoms with Gasteiger partial charge in [-0.3, -0.25) is 0 Å². The lowest BCUT2D eigenvalue weighted by Crippen LogP contribution is -2.31. The third kappa shape index (κ3) is 5.25. The third-order valence-electron chi connectivity index (χ3n) is 6.56. The minimum atomic E-state index is -0.501. The van der Waals surface area contributed by atoms with Crippen molar-refractivity contribution >= 4 is 39.4 Å². The zero-order chi connectivity index (χ0) is 27.5. The predicted molar refractivity (Wildman–Crippen MR) is 155 cm³/mol. The zero-order valence-electron chi connectivity index (χ0n) is 22.7. The van der Waals surface area contributed by atoms with E-state index >= 15 is 0 Å². The lowest BCUT2D eigenvalue weighted by atomic mass is 10.0. The summed E-state index contributed by atoms with van der Waals surface area (Å²) in [6, 6.07) is 26.4. The summed E-state index contributed by atoms with van der Waals surface area (Å²) in [7, 11) is 0. The van der Waals surface area contributed by atoms with Gasteiger partial charge >= 0.3 is 12.2 Å². The van der Waals surface area contributed by atoms with Crippen molar-refractivity contribution in [1.29, 1.82) is 0 Å². The van der Waals surface area contributed by atoms with Crippen LogP contribution in [-0.2, 0) is 22.7 Å². The second-order valence-electron chi connectivity index (χ2n) is 10.2. The maximum Gasteiger partial charge on any atom is 0.407 e. The number of fused-ring (bicyclic) bond motifs is 6. The van der Waals surface area contributed by atoms with Crippen molar-refractivity contribution in [2.24, 2.45) is 0 Å². The largest absolute Gasteiger partial charge is 0.445 e. The van der Waals surface area contributed by atoms with Crippen molar-refractivity contribution in [3.63, 3.8) is 0 Å². The summed E-state index contributed by atoms with van der Waals surface area (Å²) in [4.78, 5) is 25.2. The highest BCUT2D eigenvalue weighted by Gasteiger charge is 2.25. The molecule has 7 heteroatoms. The van der Waals surface area contributed by atoms with E-state index in [1.165, 1.54) is 0 Å². The van der Waals surface area contributed by atoms with Crippen molar-refractivity contribution in [1.82, 2.24) is 15.0 Å². The molecule has 0 radical (unpaired) electrons. The topological polar surface area (TPSA) is 81.1 Å². The Kier molecular flexibility index (Phi) is 7.41.